The molecule has 7 heteroatoms. The highest BCUT2D eigenvalue weighted by Gasteiger charge is 2.39. The van der Waals surface area contributed by atoms with Crippen molar-refractivity contribution in [1.82, 2.24) is 9.97 Å². The summed E-state index contributed by atoms with van der Waals surface area (Å²) in [4.78, 5) is 21.1. The molecule has 5 nitrogen and oxygen atoms in total. The number of fused-ring (bicyclic) bond motifs is 1. The van der Waals surface area contributed by atoms with Gasteiger partial charge in [-0.2, -0.15) is 0 Å². The van der Waals surface area contributed by atoms with Crippen LogP contribution in [0, 0.1) is 5.82 Å². The summed E-state index contributed by atoms with van der Waals surface area (Å²) in [5.74, 6) is -1.57. The van der Waals surface area contributed by atoms with Gasteiger partial charge in [-0.3, -0.25) is 4.79 Å². The lowest BCUT2D eigenvalue weighted by Crippen LogP contribution is -2.32. The van der Waals surface area contributed by atoms with E-state index in [1.54, 1.807) is 12.1 Å². The van der Waals surface area contributed by atoms with E-state index < -0.39 is 17.8 Å². The topological polar surface area (TPSA) is 89.1 Å². The monoisotopic (exact) mass is 431 g/mol. The SMILES string of the molecule is N[C@@H](Cc1ccc(-c2nc3ccc(C4(c5ccccc5)C=C4)nc3s2)c(F)c1)C(=O)O. The summed E-state index contributed by atoms with van der Waals surface area (Å²) in [7, 11) is 0. The van der Waals surface area contributed by atoms with E-state index >= 15 is 0 Å². The number of benzene rings is 2. The summed E-state index contributed by atoms with van der Waals surface area (Å²) >= 11 is 1.33. The van der Waals surface area contributed by atoms with Crippen LogP contribution in [0.2, 0.25) is 0 Å². The van der Waals surface area contributed by atoms with E-state index in [4.69, 9.17) is 15.8 Å². The summed E-state index contributed by atoms with van der Waals surface area (Å²) < 4.78 is 14.8. The van der Waals surface area contributed by atoms with E-state index in [1.807, 2.05) is 30.3 Å². The Kier molecular flexibility index (Phi) is 4.64. The van der Waals surface area contributed by atoms with E-state index in [-0.39, 0.29) is 11.8 Å². The molecule has 3 N–H and O–H groups in total. The fourth-order valence-corrected chi connectivity index (χ4v) is 4.64. The van der Waals surface area contributed by atoms with Crippen LogP contribution in [0.4, 0.5) is 4.39 Å². The third-order valence-electron chi connectivity index (χ3n) is 5.47. The smallest absolute Gasteiger partial charge is 0.320 e. The minimum atomic E-state index is -1.11. The number of aromatic nitrogens is 2. The van der Waals surface area contributed by atoms with Gasteiger partial charge in [-0.05, 0) is 41.8 Å². The van der Waals surface area contributed by atoms with Crippen LogP contribution >= 0.6 is 11.3 Å². The van der Waals surface area contributed by atoms with E-state index in [1.165, 1.54) is 17.4 Å². The predicted molar refractivity (Wildman–Crippen MR) is 118 cm³/mol. The number of hydrogen-bond acceptors (Lipinski definition) is 5. The molecule has 0 saturated carbocycles. The summed E-state index contributed by atoms with van der Waals surface area (Å²) in [6.07, 6.45) is 4.31. The van der Waals surface area contributed by atoms with Crippen LogP contribution in [-0.4, -0.2) is 27.1 Å². The standard InChI is InChI=1S/C24H18FN3O2S/c25-17-12-14(13-18(26)23(29)30)6-7-16(17)21-27-19-8-9-20(28-22(19)31-21)24(10-11-24)15-4-2-1-3-5-15/h1-12,18H,13,26H2,(H,29,30)/t18-/m0/s1. The van der Waals surface area contributed by atoms with E-state index in [0.717, 1.165) is 16.1 Å². The second kappa shape index (κ2) is 7.37. The van der Waals surface area contributed by atoms with Crippen molar-refractivity contribution in [2.45, 2.75) is 17.9 Å². The molecule has 0 amide bonds. The molecule has 5 rings (SSSR count). The third kappa shape index (κ3) is 3.52. The van der Waals surface area contributed by atoms with Crippen molar-refractivity contribution < 1.29 is 14.3 Å². The number of rotatable bonds is 6. The van der Waals surface area contributed by atoms with Gasteiger partial charge >= 0.3 is 5.97 Å². The van der Waals surface area contributed by atoms with Crippen LogP contribution in [-0.2, 0) is 16.6 Å². The van der Waals surface area contributed by atoms with Gasteiger partial charge in [0.05, 0.1) is 11.1 Å². The number of carbonyl (C=O) groups is 1. The van der Waals surface area contributed by atoms with Crippen molar-refractivity contribution in [1.29, 1.82) is 0 Å². The summed E-state index contributed by atoms with van der Waals surface area (Å²) in [6, 6.07) is 17.6. The highest BCUT2D eigenvalue weighted by atomic mass is 32.1. The van der Waals surface area contributed by atoms with Gasteiger partial charge in [-0.15, -0.1) is 0 Å². The summed E-state index contributed by atoms with van der Waals surface area (Å²) in [5.41, 5.74) is 8.95. The molecular formula is C24H18FN3O2S. The Morgan fingerprint density at radius 1 is 1.10 bits per heavy atom. The number of carboxylic acids is 1. The number of aliphatic carboxylic acids is 1. The third-order valence-corrected chi connectivity index (χ3v) is 6.47. The van der Waals surface area contributed by atoms with Crippen LogP contribution in [0.1, 0.15) is 16.8 Å². The van der Waals surface area contributed by atoms with Crippen molar-refractivity contribution in [2.75, 3.05) is 0 Å². The molecule has 0 radical (unpaired) electrons. The van der Waals surface area contributed by atoms with Crippen molar-refractivity contribution in [2.24, 2.45) is 5.73 Å². The second-order valence-electron chi connectivity index (χ2n) is 7.57. The molecule has 0 aliphatic heterocycles. The molecule has 1 atom stereocenters. The van der Waals surface area contributed by atoms with Crippen LogP contribution in [0.25, 0.3) is 20.9 Å². The molecule has 0 saturated heterocycles. The Morgan fingerprint density at radius 2 is 1.87 bits per heavy atom. The number of halogens is 1. The Labute approximate surface area is 181 Å². The molecule has 2 heterocycles. The zero-order valence-electron chi connectivity index (χ0n) is 16.3. The molecule has 0 bridgehead atoms. The fraction of sp³-hybridized carbons (Fsp3) is 0.125. The molecule has 0 spiro atoms. The number of pyridine rings is 1. The van der Waals surface area contributed by atoms with E-state index in [9.17, 15) is 9.18 Å². The molecular weight excluding hydrogens is 413 g/mol. The molecule has 0 fully saturated rings. The van der Waals surface area contributed by atoms with Crippen LogP contribution in [0.3, 0.4) is 0 Å². The lowest BCUT2D eigenvalue weighted by atomic mass is 9.89. The Bertz CT molecular complexity index is 1330. The Hall–Kier alpha value is -3.42. The van der Waals surface area contributed by atoms with Crippen molar-refractivity contribution >= 4 is 27.7 Å². The maximum absolute atomic E-state index is 14.8. The van der Waals surface area contributed by atoms with Crippen molar-refractivity contribution in [3.63, 3.8) is 0 Å². The molecule has 4 aromatic rings. The first-order chi connectivity index (χ1) is 15.0. The van der Waals surface area contributed by atoms with Gasteiger partial charge < -0.3 is 10.8 Å². The lowest BCUT2D eigenvalue weighted by Gasteiger charge is -2.15. The number of hydrogen-bond donors (Lipinski definition) is 2. The van der Waals surface area contributed by atoms with Gasteiger partial charge in [-0.1, -0.05) is 59.9 Å². The van der Waals surface area contributed by atoms with E-state index in [0.29, 0.717) is 21.7 Å². The predicted octanol–water partition coefficient (Wildman–Crippen LogP) is 4.31. The number of allylic oxidation sites excluding steroid dienone is 2. The first kappa shape index (κ1) is 19.5. The van der Waals surface area contributed by atoms with E-state index in [2.05, 4.69) is 29.3 Å². The number of carboxylic acid groups (broad SMARTS) is 1. The van der Waals surface area contributed by atoms with Crippen LogP contribution < -0.4 is 5.73 Å². The van der Waals surface area contributed by atoms with Crippen molar-refractivity contribution in [3.8, 4) is 10.6 Å². The van der Waals surface area contributed by atoms with Gasteiger partial charge in [-0.25, -0.2) is 14.4 Å². The van der Waals surface area contributed by atoms with Gasteiger partial charge in [0.1, 0.15) is 27.2 Å². The molecule has 0 unspecified atom stereocenters. The highest BCUT2D eigenvalue weighted by molar-refractivity contribution is 7.21. The number of thiazole rings is 1. The van der Waals surface area contributed by atoms with Gasteiger partial charge in [0.25, 0.3) is 0 Å². The largest absolute Gasteiger partial charge is 0.480 e. The average molecular weight is 431 g/mol. The molecule has 31 heavy (non-hydrogen) atoms. The lowest BCUT2D eigenvalue weighted by molar-refractivity contribution is -0.138. The molecule has 2 aromatic heterocycles. The zero-order valence-corrected chi connectivity index (χ0v) is 17.1. The maximum atomic E-state index is 14.8. The molecule has 1 aliphatic carbocycles. The first-order valence-electron chi connectivity index (χ1n) is 9.77. The molecule has 1 aliphatic rings. The van der Waals surface area contributed by atoms with Gasteiger partial charge in [0, 0.05) is 5.56 Å². The fourth-order valence-electron chi connectivity index (χ4n) is 3.67. The van der Waals surface area contributed by atoms with Gasteiger partial charge in [0.15, 0.2) is 0 Å². The normalized spacial score (nSPS) is 15.2. The zero-order chi connectivity index (χ0) is 21.6. The van der Waals surface area contributed by atoms with Gasteiger partial charge in [0.2, 0.25) is 0 Å². The minimum Gasteiger partial charge on any atom is -0.480 e. The molecule has 154 valence electrons. The maximum Gasteiger partial charge on any atom is 0.320 e. The highest BCUT2D eigenvalue weighted by Crippen LogP contribution is 2.45. The quantitative estimate of drug-likeness (QED) is 0.444. The number of nitrogens with zero attached hydrogens (tertiary/aromatic N) is 2. The summed E-state index contributed by atoms with van der Waals surface area (Å²) in [5, 5.41) is 9.48. The second-order valence-corrected chi connectivity index (χ2v) is 8.55. The van der Waals surface area contributed by atoms with Crippen molar-refractivity contribution in [3.05, 3.63) is 95.5 Å². The van der Waals surface area contributed by atoms with Crippen LogP contribution in [0.15, 0.2) is 72.8 Å². The first-order valence-corrected chi connectivity index (χ1v) is 10.6. The Morgan fingerprint density at radius 3 is 2.55 bits per heavy atom. The average Bonchev–Trinajstić information content (AvgIpc) is 3.47. The van der Waals surface area contributed by atoms with Crippen LogP contribution in [0.5, 0.6) is 0 Å². The number of nitrogens with two attached hydrogens (primary N) is 1. The molecule has 2 aromatic carbocycles. The minimum absolute atomic E-state index is 0.0614. The summed E-state index contributed by atoms with van der Waals surface area (Å²) in [6.45, 7) is 0. The Balaban J connectivity index is 1.47.